The van der Waals surface area contributed by atoms with Gasteiger partial charge in [0, 0.05) is 23.0 Å². The van der Waals surface area contributed by atoms with Gasteiger partial charge in [-0.05, 0) is 23.8 Å². The second-order valence-corrected chi connectivity index (χ2v) is 5.77. The van der Waals surface area contributed by atoms with Crippen LogP contribution in [-0.4, -0.2) is 17.4 Å². The first-order valence-electron chi connectivity index (χ1n) is 6.57. The molecule has 0 aromatic heterocycles. The van der Waals surface area contributed by atoms with Gasteiger partial charge in [-0.2, -0.15) is 5.10 Å². The molecule has 0 fully saturated rings. The van der Waals surface area contributed by atoms with Gasteiger partial charge in [0.1, 0.15) is 0 Å². The minimum Gasteiger partial charge on any atom is -0.273 e. The number of rotatable bonds is 5. The van der Waals surface area contributed by atoms with Gasteiger partial charge in [0.25, 0.3) is 0 Å². The summed E-state index contributed by atoms with van der Waals surface area (Å²) in [7, 11) is 0. The number of nitrogens with zero attached hydrogens (tertiary/aromatic N) is 1. The number of carbonyl (C=O) groups excluding carboxylic acids is 1. The Morgan fingerprint density at radius 3 is 2.80 bits per heavy atom. The van der Waals surface area contributed by atoms with E-state index in [2.05, 4.69) is 41.4 Å². The maximum atomic E-state index is 11.2. The van der Waals surface area contributed by atoms with Crippen LogP contribution in [0.2, 0.25) is 0 Å². The normalized spacial score (nSPS) is 18.8. The molecule has 1 amide bonds. The Hall–Kier alpha value is -1.81. The average molecular weight is 286 g/mol. The van der Waals surface area contributed by atoms with Gasteiger partial charge in [-0.15, -0.1) is 18.3 Å². The summed E-state index contributed by atoms with van der Waals surface area (Å²) >= 11 is 1.76. The number of allylic oxidation sites excluding steroid dienone is 1. The number of carbonyl (C=O) groups is 1. The molecule has 0 bridgehead atoms. The standard InChI is InChI=1S/C16H18N2OS/c1-3-10-20-14-7-4-13(5-8-14)6-9-15-12(2)11-16(19)18-17-15/h3-9,12H,1,10-11H2,2H3,(H,18,19). The Labute approximate surface area is 123 Å². The molecule has 0 radical (unpaired) electrons. The average Bonchev–Trinajstić information content (AvgIpc) is 2.45. The van der Waals surface area contributed by atoms with E-state index in [0.717, 1.165) is 17.0 Å². The number of hydrazone groups is 1. The fourth-order valence-corrected chi connectivity index (χ4v) is 2.52. The Morgan fingerprint density at radius 1 is 1.40 bits per heavy atom. The van der Waals surface area contributed by atoms with Crippen molar-refractivity contribution in [2.45, 2.75) is 18.2 Å². The zero-order chi connectivity index (χ0) is 14.4. The van der Waals surface area contributed by atoms with Crippen LogP contribution in [0.25, 0.3) is 6.08 Å². The SMILES string of the molecule is C=CCSc1ccc(C=CC2=NNC(=O)CC2C)cc1. The highest BCUT2D eigenvalue weighted by atomic mass is 32.2. The van der Waals surface area contributed by atoms with Gasteiger partial charge in [-0.3, -0.25) is 4.79 Å². The number of nitrogens with one attached hydrogen (secondary N) is 1. The summed E-state index contributed by atoms with van der Waals surface area (Å²) in [5, 5.41) is 4.08. The van der Waals surface area contributed by atoms with Crippen LogP contribution in [0.1, 0.15) is 18.9 Å². The first-order valence-corrected chi connectivity index (χ1v) is 7.56. The van der Waals surface area contributed by atoms with E-state index >= 15 is 0 Å². The van der Waals surface area contributed by atoms with Crippen molar-refractivity contribution in [2.24, 2.45) is 11.0 Å². The van der Waals surface area contributed by atoms with E-state index in [9.17, 15) is 4.79 Å². The van der Waals surface area contributed by atoms with Crippen LogP contribution in [-0.2, 0) is 4.79 Å². The summed E-state index contributed by atoms with van der Waals surface area (Å²) in [6, 6.07) is 8.35. The molecule has 20 heavy (non-hydrogen) atoms. The molecule has 1 heterocycles. The third-order valence-electron chi connectivity index (χ3n) is 3.00. The topological polar surface area (TPSA) is 41.5 Å². The largest absolute Gasteiger partial charge is 0.273 e. The predicted molar refractivity (Wildman–Crippen MR) is 85.8 cm³/mol. The van der Waals surface area contributed by atoms with Crippen molar-refractivity contribution < 1.29 is 4.79 Å². The number of thioether (sulfide) groups is 1. The van der Waals surface area contributed by atoms with Crippen molar-refractivity contribution in [2.75, 3.05) is 5.75 Å². The van der Waals surface area contributed by atoms with E-state index in [1.807, 2.05) is 25.2 Å². The first kappa shape index (κ1) is 14.6. The van der Waals surface area contributed by atoms with Gasteiger partial charge < -0.3 is 0 Å². The number of hydrogen-bond donors (Lipinski definition) is 1. The summed E-state index contributed by atoms with van der Waals surface area (Å²) < 4.78 is 0. The first-order chi connectivity index (χ1) is 9.69. The lowest BCUT2D eigenvalue weighted by Crippen LogP contribution is -2.30. The number of hydrogen-bond acceptors (Lipinski definition) is 3. The smallest absolute Gasteiger partial charge is 0.240 e. The molecule has 0 saturated heterocycles. The summed E-state index contributed by atoms with van der Waals surface area (Å²) in [6.45, 7) is 5.72. The third-order valence-corrected chi connectivity index (χ3v) is 4.01. The molecule has 1 aromatic rings. The lowest BCUT2D eigenvalue weighted by atomic mass is 9.99. The van der Waals surface area contributed by atoms with E-state index in [4.69, 9.17) is 0 Å². The predicted octanol–water partition coefficient (Wildman–Crippen LogP) is 3.49. The third kappa shape index (κ3) is 4.10. The molecular weight excluding hydrogens is 268 g/mol. The molecule has 1 atom stereocenters. The van der Waals surface area contributed by atoms with Crippen LogP contribution in [0.5, 0.6) is 0 Å². The van der Waals surface area contributed by atoms with Gasteiger partial charge in [-0.25, -0.2) is 5.43 Å². The minimum atomic E-state index is -0.0155. The zero-order valence-electron chi connectivity index (χ0n) is 11.5. The molecule has 2 rings (SSSR count). The molecule has 0 spiro atoms. The summed E-state index contributed by atoms with van der Waals surface area (Å²) in [5.74, 6) is 1.07. The van der Waals surface area contributed by atoms with Crippen LogP contribution in [0.4, 0.5) is 0 Å². The lowest BCUT2D eigenvalue weighted by Gasteiger charge is -2.16. The van der Waals surface area contributed by atoms with Crippen LogP contribution >= 0.6 is 11.8 Å². The second-order valence-electron chi connectivity index (χ2n) is 4.68. The van der Waals surface area contributed by atoms with Gasteiger partial charge in [-0.1, -0.05) is 31.2 Å². The highest BCUT2D eigenvalue weighted by Gasteiger charge is 2.17. The van der Waals surface area contributed by atoms with Crippen molar-refractivity contribution in [3.05, 3.63) is 48.6 Å². The zero-order valence-corrected chi connectivity index (χ0v) is 12.3. The Morgan fingerprint density at radius 2 is 2.15 bits per heavy atom. The fourth-order valence-electron chi connectivity index (χ4n) is 1.88. The molecular formula is C16H18N2OS. The molecule has 1 N–H and O–H groups in total. The van der Waals surface area contributed by atoms with Crippen molar-refractivity contribution >= 4 is 29.5 Å². The van der Waals surface area contributed by atoms with Crippen LogP contribution < -0.4 is 5.43 Å². The Kier molecular flexibility index (Phi) is 5.18. The molecule has 1 unspecified atom stereocenters. The van der Waals surface area contributed by atoms with Crippen molar-refractivity contribution in [3.63, 3.8) is 0 Å². The van der Waals surface area contributed by atoms with Crippen molar-refractivity contribution in [3.8, 4) is 0 Å². The molecule has 0 aliphatic carbocycles. The van der Waals surface area contributed by atoms with E-state index in [1.54, 1.807) is 11.8 Å². The second kappa shape index (κ2) is 7.10. The van der Waals surface area contributed by atoms with E-state index in [-0.39, 0.29) is 11.8 Å². The van der Waals surface area contributed by atoms with Gasteiger partial charge >= 0.3 is 0 Å². The fraction of sp³-hybridized carbons (Fsp3) is 0.250. The molecule has 0 saturated carbocycles. The minimum absolute atomic E-state index is 0.0155. The molecule has 1 aliphatic rings. The van der Waals surface area contributed by atoms with E-state index in [0.29, 0.717) is 6.42 Å². The molecule has 4 heteroatoms. The monoisotopic (exact) mass is 286 g/mol. The Balaban J connectivity index is 2.00. The van der Waals surface area contributed by atoms with Crippen molar-refractivity contribution in [1.29, 1.82) is 0 Å². The molecule has 3 nitrogen and oxygen atoms in total. The van der Waals surface area contributed by atoms with Crippen molar-refractivity contribution in [1.82, 2.24) is 5.43 Å². The quantitative estimate of drug-likeness (QED) is 0.665. The van der Waals surface area contributed by atoms with E-state index in [1.165, 1.54) is 4.90 Å². The number of benzene rings is 1. The van der Waals surface area contributed by atoms with Gasteiger partial charge in [0.2, 0.25) is 5.91 Å². The highest BCUT2D eigenvalue weighted by Crippen LogP contribution is 2.19. The van der Waals surface area contributed by atoms with Crippen LogP contribution in [0.15, 0.2) is 53.0 Å². The molecule has 1 aromatic carbocycles. The number of amides is 1. The maximum absolute atomic E-state index is 11.2. The summed E-state index contributed by atoms with van der Waals surface area (Å²) in [5.41, 5.74) is 4.55. The summed E-state index contributed by atoms with van der Waals surface area (Å²) in [4.78, 5) is 12.4. The van der Waals surface area contributed by atoms with Crippen LogP contribution in [0, 0.1) is 5.92 Å². The van der Waals surface area contributed by atoms with E-state index < -0.39 is 0 Å². The molecule has 104 valence electrons. The summed E-state index contributed by atoms with van der Waals surface area (Å²) in [6.07, 6.45) is 6.39. The van der Waals surface area contributed by atoms with Crippen LogP contribution in [0.3, 0.4) is 0 Å². The van der Waals surface area contributed by atoms with Gasteiger partial charge in [0.05, 0.1) is 5.71 Å². The molecule has 1 aliphatic heterocycles. The van der Waals surface area contributed by atoms with Gasteiger partial charge in [0.15, 0.2) is 0 Å². The Bertz CT molecular complexity index is 546. The lowest BCUT2D eigenvalue weighted by molar-refractivity contribution is -0.121. The highest BCUT2D eigenvalue weighted by molar-refractivity contribution is 7.99. The maximum Gasteiger partial charge on any atom is 0.240 e.